The average Bonchev–Trinajstić information content (AvgIpc) is 3.42. The van der Waals surface area contributed by atoms with Crippen LogP contribution in [0.15, 0.2) is 95.9 Å². The van der Waals surface area contributed by atoms with Crippen molar-refractivity contribution in [2.75, 3.05) is 20.5 Å². The Morgan fingerprint density at radius 3 is 1.96 bits per heavy atom. The summed E-state index contributed by atoms with van der Waals surface area (Å²) >= 11 is 1.83. The van der Waals surface area contributed by atoms with E-state index < -0.39 is 5.60 Å². The normalized spacial score (nSPS) is 15.2. The number of fused-ring (bicyclic) bond motifs is 8. The fraction of sp³-hybridized carbons (Fsp3) is 0.286. The van der Waals surface area contributed by atoms with Crippen molar-refractivity contribution in [3.05, 3.63) is 124 Å². The molecule has 234 valence electrons. The number of hydrogen-bond acceptors (Lipinski definition) is 4. The lowest BCUT2D eigenvalue weighted by atomic mass is 9.71. The molecule has 0 radical (unpaired) electrons. The van der Waals surface area contributed by atoms with Crippen LogP contribution in [0.4, 0.5) is 0 Å². The molecule has 2 aliphatic rings. The Morgan fingerprint density at radius 1 is 0.761 bits per heavy atom. The van der Waals surface area contributed by atoms with Crippen LogP contribution in [0.3, 0.4) is 0 Å². The first-order chi connectivity index (χ1) is 22.5. The van der Waals surface area contributed by atoms with Gasteiger partial charge in [-0.3, -0.25) is 0 Å². The lowest BCUT2D eigenvalue weighted by Gasteiger charge is -2.39. The van der Waals surface area contributed by atoms with Crippen molar-refractivity contribution in [3.8, 4) is 28.4 Å². The van der Waals surface area contributed by atoms with Gasteiger partial charge >= 0.3 is 0 Å². The monoisotopic (exact) mass is 626 g/mol. The molecule has 46 heavy (non-hydrogen) atoms. The molecule has 0 spiro atoms. The highest BCUT2D eigenvalue weighted by Crippen LogP contribution is 2.60. The van der Waals surface area contributed by atoms with Gasteiger partial charge in [-0.25, -0.2) is 0 Å². The van der Waals surface area contributed by atoms with Gasteiger partial charge in [0.15, 0.2) is 5.60 Å². The Balaban J connectivity index is 1.59. The summed E-state index contributed by atoms with van der Waals surface area (Å²) in [5, 5.41) is 2.46. The Hall–Kier alpha value is -4.15. The molecule has 7 rings (SSSR count). The van der Waals surface area contributed by atoms with Gasteiger partial charge in [-0.1, -0.05) is 81.8 Å². The van der Waals surface area contributed by atoms with Gasteiger partial charge in [-0.2, -0.15) is 0 Å². The van der Waals surface area contributed by atoms with E-state index in [0.29, 0.717) is 0 Å². The lowest BCUT2D eigenvalue weighted by Crippen LogP contribution is -2.35. The molecule has 4 heteroatoms. The molecular weight excluding hydrogens is 585 g/mol. The molecule has 1 aliphatic heterocycles. The summed E-state index contributed by atoms with van der Waals surface area (Å²) in [6, 6.07) is 30.6. The fourth-order valence-electron chi connectivity index (χ4n) is 8.04. The average molecular weight is 627 g/mol. The maximum atomic E-state index is 7.58. The molecule has 0 atom stereocenters. The maximum Gasteiger partial charge on any atom is 0.178 e. The maximum absolute atomic E-state index is 7.58. The van der Waals surface area contributed by atoms with Crippen molar-refractivity contribution < 1.29 is 14.2 Å². The number of thioether (sulfide) groups is 1. The van der Waals surface area contributed by atoms with Gasteiger partial charge in [0.2, 0.25) is 0 Å². The van der Waals surface area contributed by atoms with Crippen LogP contribution in [-0.2, 0) is 17.4 Å². The van der Waals surface area contributed by atoms with Crippen LogP contribution in [0.25, 0.3) is 28.0 Å². The van der Waals surface area contributed by atoms with E-state index in [2.05, 4.69) is 99.8 Å². The van der Waals surface area contributed by atoms with E-state index in [-0.39, 0.29) is 5.41 Å². The van der Waals surface area contributed by atoms with Crippen molar-refractivity contribution in [1.82, 2.24) is 0 Å². The van der Waals surface area contributed by atoms with Crippen LogP contribution < -0.4 is 14.2 Å². The van der Waals surface area contributed by atoms with E-state index in [1.165, 1.54) is 49.0 Å². The summed E-state index contributed by atoms with van der Waals surface area (Å²) in [7, 11) is 3.41. The SMILES string of the molecule is CCCc1cc2c3c(c4c(c2cc1SC)OC(c1ccc(OC)cc1)(c1ccc(OC)cc1)C=C4)C(CC)(CC)c1ccccc1-3. The molecule has 0 fully saturated rings. The number of benzene rings is 5. The van der Waals surface area contributed by atoms with Crippen LogP contribution in [0.5, 0.6) is 17.2 Å². The molecule has 5 aromatic carbocycles. The summed E-state index contributed by atoms with van der Waals surface area (Å²) in [5.41, 5.74) is 9.36. The van der Waals surface area contributed by atoms with Gasteiger partial charge in [0, 0.05) is 32.4 Å². The van der Waals surface area contributed by atoms with E-state index in [1.807, 2.05) is 36.0 Å². The standard InChI is InChI=1S/C42H42O3S/c1-7-12-27-25-34-35(26-37(27)46-6)40-33(39-38(34)32-13-10-11-14-36(32)41(39,8-2)9-3)23-24-42(45-40,28-15-19-30(43-4)20-16-28)29-17-21-31(44-5)22-18-29/h10-11,13-26H,7-9,12H2,1-6H3. The molecule has 0 saturated heterocycles. The molecule has 0 saturated carbocycles. The zero-order valence-corrected chi connectivity index (χ0v) is 28.5. The molecular formula is C42H42O3S. The van der Waals surface area contributed by atoms with E-state index in [9.17, 15) is 0 Å². The minimum Gasteiger partial charge on any atom is -0.497 e. The smallest absolute Gasteiger partial charge is 0.178 e. The summed E-state index contributed by atoms with van der Waals surface area (Å²) < 4.78 is 18.7. The molecule has 5 aromatic rings. The third kappa shape index (κ3) is 4.41. The van der Waals surface area contributed by atoms with Gasteiger partial charge < -0.3 is 14.2 Å². The largest absolute Gasteiger partial charge is 0.497 e. The predicted molar refractivity (Wildman–Crippen MR) is 193 cm³/mol. The number of rotatable bonds is 9. The quantitative estimate of drug-likeness (QED) is 0.152. The fourth-order valence-corrected chi connectivity index (χ4v) is 8.69. The van der Waals surface area contributed by atoms with Crippen LogP contribution in [0, 0.1) is 0 Å². The Kier molecular flexibility index (Phi) is 7.89. The highest BCUT2D eigenvalue weighted by atomic mass is 32.2. The molecule has 1 aliphatic carbocycles. The molecule has 0 bridgehead atoms. The van der Waals surface area contributed by atoms with Crippen molar-refractivity contribution in [1.29, 1.82) is 0 Å². The van der Waals surface area contributed by atoms with E-state index in [0.717, 1.165) is 54.1 Å². The summed E-state index contributed by atoms with van der Waals surface area (Å²) in [5.74, 6) is 2.59. The van der Waals surface area contributed by atoms with Crippen LogP contribution in [0.1, 0.15) is 73.4 Å². The van der Waals surface area contributed by atoms with E-state index in [4.69, 9.17) is 14.2 Å². The Labute approximate surface area is 277 Å². The van der Waals surface area contributed by atoms with Crippen molar-refractivity contribution in [2.24, 2.45) is 0 Å². The van der Waals surface area contributed by atoms with Crippen LogP contribution in [-0.4, -0.2) is 20.5 Å². The minimum absolute atomic E-state index is 0.0960. The lowest BCUT2D eigenvalue weighted by molar-refractivity contribution is 0.163. The number of hydrogen-bond donors (Lipinski definition) is 0. The van der Waals surface area contributed by atoms with Gasteiger partial charge in [-0.15, -0.1) is 11.8 Å². The van der Waals surface area contributed by atoms with E-state index >= 15 is 0 Å². The minimum atomic E-state index is -0.846. The second kappa shape index (κ2) is 11.9. The number of ether oxygens (including phenoxy) is 3. The number of aryl methyl sites for hydroxylation is 1. The topological polar surface area (TPSA) is 27.7 Å². The zero-order chi connectivity index (χ0) is 32.1. The third-order valence-corrected chi connectivity index (χ3v) is 11.2. The highest BCUT2D eigenvalue weighted by Gasteiger charge is 2.46. The first kappa shape index (κ1) is 30.5. The molecule has 0 aromatic heterocycles. The number of methoxy groups -OCH3 is 2. The van der Waals surface area contributed by atoms with Crippen LogP contribution >= 0.6 is 11.8 Å². The van der Waals surface area contributed by atoms with Crippen LogP contribution in [0.2, 0.25) is 0 Å². The van der Waals surface area contributed by atoms with Crippen molar-refractivity contribution >= 4 is 28.6 Å². The molecule has 1 heterocycles. The van der Waals surface area contributed by atoms with E-state index in [1.54, 1.807) is 14.2 Å². The summed E-state index contributed by atoms with van der Waals surface area (Å²) in [6.45, 7) is 6.96. The Morgan fingerprint density at radius 2 is 1.39 bits per heavy atom. The van der Waals surface area contributed by atoms with Gasteiger partial charge in [0.1, 0.15) is 17.2 Å². The molecule has 3 nitrogen and oxygen atoms in total. The third-order valence-electron chi connectivity index (χ3n) is 10.4. The Bertz CT molecular complexity index is 1900. The van der Waals surface area contributed by atoms with Gasteiger partial charge in [0.25, 0.3) is 0 Å². The first-order valence-corrected chi connectivity index (χ1v) is 17.7. The second-order valence-corrected chi connectivity index (χ2v) is 13.3. The summed E-state index contributed by atoms with van der Waals surface area (Å²) in [6.07, 6.45) is 11.0. The van der Waals surface area contributed by atoms with Gasteiger partial charge in [0.05, 0.1) is 14.2 Å². The molecule has 0 amide bonds. The van der Waals surface area contributed by atoms with Crippen molar-refractivity contribution in [3.63, 3.8) is 0 Å². The zero-order valence-electron chi connectivity index (χ0n) is 27.7. The highest BCUT2D eigenvalue weighted by molar-refractivity contribution is 7.98. The molecule has 0 N–H and O–H groups in total. The van der Waals surface area contributed by atoms with Crippen molar-refractivity contribution in [2.45, 2.75) is 62.4 Å². The summed E-state index contributed by atoms with van der Waals surface area (Å²) in [4.78, 5) is 1.32. The van der Waals surface area contributed by atoms with Gasteiger partial charge in [-0.05, 0) is 101 Å². The predicted octanol–water partition coefficient (Wildman–Crippen LogP) is 11.0. The molecule has 0 unspecified atom stereocenters. The second-order valence-electron chi connectivity index (χ2n) is 12.4. The first-order valence-electron chi connectivity index (χ1n) is 16.5.